The molecule has 3 nitrogen and oxygen atoms in total. The second kappa shape index (κ2) is 4.77. The van der Waals surface area contributed by atoms with Crippen LogP contribution in [0.3, 0.4) is 0 Å². The van der Waals surface area contributed by atoms with E-state index in [2.05, 4.69) is 29.3 Å². The lowest BCUT2D eigenvalue weighted by Crippen LogP contribution is -2.08. The smallest absolute Gasteiger partial charge is 0.0856 e. The van der Waals surface area contributed by atoms with Crippen molar-refractivity contribution in [3.63, 3.8) is 0 Å². The van der Waals surface area contributed by atoms with E-state index in [4.69, 9.17) is 0 Å². The standard InChI is InChI=1S/C12H21N3/c1-9-4-3-5-11-12(14-15-13-11)8-10(2)7-6-9/h9-10H,3-8H2,1-2H3,(H,13,14,15)/t9-,10?/m1/s1. The second-order valence-electron chi connectivity index (χ2n) is 5.12. The molecule has 2 rings (SSSR count). The van der Waals surface area contributed by atoms with Gasteiger partial charge < -0.3 is 0 Å². The molecule has 0 amide bonds. The fourth-order valence-electron chi connectivity index (χ4n) is 2.42. The fraction of sp³-hybridized carbons (Fsp3) is 0.833. The number of nitrogens with one attached hydrogen (secondary N) is 1. The van der Waals surface area contributed by atoms with E-state index in [1.54, 1.807) is 0 Å². The van der Waals surface area contributed by atoms with E-state index in [9.17, 15) is 0 Å². The Bertz CT molecular complexity index is 306. The Kier molecular flexibility index (Phi) is 3.39. The maximum absolute atomic E-state index is 4.18. The fourth-order valence-corrected chi connectivity index (χ4v) is 2.42. The van der Waals surface area contributed by atoms with Crippen molar-refractivity contribution in [1.82, 2.24) is 15.4 Å². The van der Waals surface area contributed by atoms with Crippen molar-refractivity contribution in [3.8, 4) is 0 Å². The Morgan fingerprint density at radius 3 is 2.80 bits per heavy atom. The third kappa shape index (κ3) is 2.80. The normalized spacial score (nSPS) is 28.4. The lowest BCUT2D eigenvalue weighted by Gasteiger charge is -2.17. The number of nitrogens with zero attached hydrogens (tertiary/aromatic N) is 2. The van der Waals surface area contributed by atoms with Gasteiger partial charge in [0.25, 0.3) is 0 Å². The molecule has 2 atom stereocenters. The molecule has 3 heteroatoms. The Morgan fingerprint density at radius 1 is 1.13 bits per heavy atom. The van der Waals surface area contributed by atoms with Gasteiger partial charge in [0, 0.05) is 0 Å². The highest BCUT2D eigenvalue weighted by atomic mass is 15.3. The summed E-state index contributed by atoms with van der Waals surface area (Å²) in [5.74, 6) is 1.63. The minimum Gasteiger partial charge on any atom is -0.262 e. The summed E-state index contributed by atoms with van der Waals surface area (Å²) in [6, 6.07) is 0. The number of aromatic amines is 1. The zero-order valence-corrected chi connectivity index (χ0v) is 9.79. The number of fused-ring (bicyclic) bond motifs is 1. The highest BCUT2D eigenvalue weighted by Gasteiger charge is 2.15. The molecular formula is C12H21N3. The third-order valence-electron chi connectivity index (χ3n) is 3.52. The molecule has 1 heterocycles. The Balaban J connectivity index is 2.08. The SMILES string of the molecule is CC1CC[C@H](C)CCCc2nn[nH]c2C1. The third-order valence-corrected chi connectivity index (χ3v) is 3.52. The molecule has 0 aliphatic heterocycles. The van der Waals surface area contributed by atoms with E-state index in [1.165, 1.54) is 37.1 Å². The molecule has 1 N–H and O–H groups in total. The monoisotopic (exact) mass is 207 g/mol. The summed E-state index contributed by atoms with van der Waals surface area (Å²) in [5, 5.41) is 11.2. The molecule has 1 aliphatic rings. The van der Waals surface area contributed by atoms with E-state index in [0.717, 1.165) is 24.7 Å². The second-order valence-corrected chi connectivity index (χ2v) is 5.12. The molecule has 84 valence electrons. The Morgan fingerprint density at radius 2 is 1.93 bits per heavy atom. The van der Waals surface area contributed by atoms with Crippen LogP contribution in [-0.2, 0) is 12.8 Å². The molecule has 0 bridgehead atoms. The molecule has 0 radical (unpaired) electrons. The van der Waals surface area contributed by atoms with Crippen LogP contribution in [0.15, 0.2) is 0 Å². The molecule has 1 aromatic rings. The summed E-state index contributed by atoms with van der Waals surface area (Å²) in [6.45, 7) is 4.71. The molecule has 0 aromatic carbocycles. The number of aromatic nitrogens is 3. The average Bonchev–Trinajstić information content (AvgIpc) is 2.63. The molecule has 0 fully saturated rings. The topological polar surface area (TPSA) is 41.6 Å². The predicted molar refractivity (Wildman–Crippen MR) is 60.6 cm³/mol. The Hall–Kier alpha value is -0.860. The summed E-state index contributed by atoms with van der Waals surface area (Å²) in [5.41, 5.74) is 2.48. The molecule has 1 aromatic heterocycles. The first kappa shape index (κ1) is 10.7. The van der Waals surface area contributed by atoms with Gasteiger partial charge >= 0.3 is 0 Å². The number of hydrogen-bond donors (Lipinski definition) is 1. The zero-order valence-electron chi connectivity index (χ0n) is 9.79. The minimum absolute atomic E-state index is 0.756. The number of aryl methyl sites for hydroxylation is 1. The van der Waals surface area contributed by atoms with E-state index in [-0.39, 0.29) is 0 Å². The zero-order chi connectivity index (χ0) is 10.7. The van der Waals surface area contributed by atoms with Crippen LogP contribution < -0.4 is 0 Å². The van der Waals surface area contributed by atoms with Gasteiger partial charge in [0.2, 0.25) is 0 Å². The van der Waals surface area contributed by atoms with Crippen molar-refractivity contribution in [3.05, 3.63) is 11.4 Å². The van der Waals surface area contributed by atoms with Gasteiger partial charge in [-0.1, -0.05) is 38.3 Å². The molecule has 1 unspecified atom stereocenters. The van der Waals surface area contributed by atoms with Crippen molar-refractivity contribution >= 4 is 0 Å². The molecule has 0 saturated carbocycles. The Labute approximate surface area is 91.7 Å². The summed E-state index contributed by atoms with van der Waals surface area (Å²) in [7, 11) is 0. The lowest BCUT2D eigenvalue weighted by atomic mass is 9.89. The molecule has 1 aliphatic carbocycles. The largest absolute Gasteiger partial charge is 0.262 e. The van der Waals surface area contributed by atoms with Crippen LogP contribution in [0.4, 0.5) is 0 Å². The first-order valence-electron chi connectivity index (χ1n) is 6.14. The van der Waals surface area contributed by atoms with Crippen molar-refractivity contribution in [2.24, 2.45) is 11.8 Å². The van der Waals surface area contributed by atoms with Gasteiger partial charge in [0.05, 0.1) is 11.4 Å². The number of rotatable bonds is 0. The van der Waals surface area contributed by atoms with Crippen LogP contribution in [0.1, 0.15) is 50.9 Å². The summed E-state index contributed by atoms with van der Waals surface area (Å²) < 4.78 is 0. The lowest BCUT2D eigenvalue weighted by molar-refractivity contribution is 0.394. The first-order valence-corrected chi connectivity index (χ1v) is 6.14. The van der Waals surface area contributed by atoms with Crippen LogP contribution in [0.25, 0.3) is 0 Å². The van der Waals surface area contributed by atoms with Crippen LogP contribution in [-0.4, -0.2) is 15.4 Å². The quantitative estimate of drug-likeness (QED) is 0.710. The van der Waals surface area contributed by atoms with Crippen LogP contribution in [0, 0.1) is 11.8 Å². The van der Waals surface area contributed by atoms with E-state index >= 15 is 0 Å². The maximum atomic E-state index is 4.18. The summed E-state index contributed by atoms with van der Waals surface area (Å²) in [6.07, 6.45) is 7.52. The molecule has 15 heavy (non-hydrogen) atoms. The highest BCUT2D eigenvalue weighted by molar-refractivity contribution is 5.09. The molecular weight excluding hydrogens is 186 g/mol. The summed E-state index contributed by atoms with van der Waals surface area (Å²) >= 11 is 0. The van der Waals surface area contributed by atoms with E-state index < -0.39 is 0 Å². The van der Waals surface area contributed by atoms with Gasteiger partial charge in [-0.3, -0.25) is 5.10 Å². The van der Waals surface area contributed by atoms with Crippen LogP contribution in [0.5, 0.6) is 0 Å². The van der Waals surface area contributed by atoms with Crippen LogP contribution in [0.2, 0.25) is 0 Å². The number of hydrogen-bond acceptors (Lipinski definition) is 2. The minimum atomic E-state index is 0.756. The maximum Gasteiger partial charge on any atom is 0.0856 e. The number of H-pyrrole nitrogens is 1. The average molecular weight is 207 g/mol. The summed E-state index contributed by atoms with van der Waals surface area (Å²) in [4.78, 5) is 0. The first-order chi connectivity index (χ1) is 7.25. The van der Waals surface area contributed by atoms with Gasteiger partial charge in [-0.05, 0) is 31.1 Å². The highest BCUT2D eigenvalue weighted by Crippen LogP contribution is 2.23. The molecule has 0 spiro atoms. The van der Waals surface area contributed by atoms with Crippen molar-refractivity contribution in [2.45, 2.75) is 52.4 Å². The van der Waals surface area contributed by atoms with E-state index in [0.29, 0.717) is 0 Å². The van der Waals surface area contributed by atoms with Gasteiger partial charge in [-0.15, -0.1) is 5.10 Å². The van der Waals surface area contributed by atoms with Crippen molar-refractivity contribution < 1.29 is 0 Å². The molecule has 0 saturated heterocycles. The van der Waals surface area contributed by atoms with Crippen LogP contribution >= 0.6 is 0 Å². The van der Waals surface area contributed by atoms with Crippen molar-refractivity contribution in [1.29, 1.82) is 0 Å². The van der Waals surface area contributed by atoms with Gasteiger partial charge in [-0.25, -0.2) is 0 Å². The van der Waals surface area contributed by atoms with Gasteiger partial charge in [-0.2, -0.15) is 0 Å². The predicted octanol–water partition coefficient (Wildman–Crippen LogP) is 2.74. The van der Waals surface area contributed by atoms with E-state index in [1.807, 2.05) is 0 Å². The van der Waals surface area contributed by atoms with Gasteiger partial charge in [0.1, 0.15) is 0 Å². The van der Waals surface area contributed by atoms with Gasteiger partial charge in [0.15, 0.2) is 0 Å². The van der Waals surface area contributed by atoms with Crippen molar-refractivity contribution in [2.75, 3.05) is 0 Å².